The van der Waals surface area contributed by atoms with Crippen molar-refractivity contribution in [3.05, 3.63) is 67.1 Å². The molecule has 0 radical (unpaired) electrons. The molecule has 7 heteroatoms. The first-order chi connectivity index (χ1) is 14.3. The second-order valence-electron chi connectivity index (χ2n) is 6.82. The van der Waals surface area contributed by atoms with Crippen LogP contribution in [0.2, 0.25) is 0 Å². The van der Waals surface area contributed by atoms with E-state index in [0.29, 0.717) is 43.4 Å². The fourth-order valence-electron chi connectivity index (χ4n) is 3.58. The number of hydrogen-bond acceptors (Lipinski definition) is 6. The second-order valence-corrected chi connectivity index (χ2v) is 6.82. The van der Waals surface area contributed by atoms with Crippen LogP contribution in [0.1, 0.15) is 0 Å². The lowest BCUT2D eigenvalue weighted by molar-refractivity contribution is 0.122. The van der Waals surface area contributed by atoms with E-state index in [1.165, 1.54) is 12.4 Å². The number of pyridine rings is 2. The highest BCUT2D eigenvalue weighted by Gasteiger charge is 2.18. The topological polar surface area (TPSA) is 64.0 Å². The Morgan fingerprint density at radius 1 is 0.862 bits per heavy atom. The van der Waals surface area contributed by atoms with Gasteiger partial charge < -0.3 is 9.64 Å². The highest BCUT2D eigenvalue weighted by Crippen LogP contribution is 2.31. The van der Waals surface area contributed by atoms with Crippen molar-refractivity contribution in [3.63, 3.8) is 0 Å². The standard InChI is InChI=1S/C22H18FN5O/c23-19-12-17(13-25-22(19)28-7-9-29-10-8-28)21-18-11-16(15-3-5-24-6-4-15)1-2-20(18)26-14-27-21/h1-6,11-14H,7-10H2. The van der Waals surface area contributed by atoms with Crippen molar-refractivity contribution in [2.24, 2.45) is 0 Å². The summed E-state index contributed by atoms with van der Waals surface area (Å²) in [5, 5.41) is 0.849. The molecule has 1 aromatic carbocycles. The van der Waals surface area contributed by atoms with Crippen molar-refractivity contribution in [3.8, 4) is 22.4 Å². The number of fused-ring (bicyclic) bond motifs is 1. The lowest BCUT2D eigenvalue weighted by atomic mass is 10.0. The molecule has 1 aliphatic heterocycles. The predicted octanol–water partition coefficient (Wildman–Crippen LogP) is 3.73. The molecule has 1 aliphatic rings. The van der Waals surface area contributed by atoms with Gasteiger partial charge in [0.05, 0.1) is 24.4 Å². The van der Waals surface area contributed by atoms with Gasteiger partial charge in [0.15, 0.2) is 11.6 Å². The molecule has 4 heterocycles. The smallest absolute Gasteiger partial charge is 0.166 e. The Labute approximate surface area is 167 Å². The van der Waals surface area contributed by atoms with E-state index in [4.69, 9.17) is 4.74 Å². The van der Waals surface area contributed by atoms with Crippen molar-refractivity contribution < 1.29 is 9.13 Å². The van der Waals surface area contributed by atoms with E-state index in [9.17, 15) is 4.39 Å². The van der Waals surface area contributed by atoms with E-state index in [-0.39, 0.29) is 5.82 Å². The van der Waals surface area contributed by atoms with Crippen molar-refractivity contribution >= 4 is 16.7 Å². The molecule has 3 aromatic heterocycles. The zero-order valence-corrected chi connectivity index (χ0v) is 15.6. The van der Waals surface area contributed by atoms with Gasteiger partial charge in [-0.3, -0.25) is 4.98 Å². The van der Waals surface area contributed by atoms with E-state index in [1.807, 2.05) is 35.2 Å². The summed E-state index contributed by atoms with van der Waals surface area (Å²) >= 11 is 0. The molecule has 4 aromatic rings. The van der Waals surface area contributed by atoms with Gasteiger partial charge in [-0.15, -0.1) is 0 Å². The number of hydrogen-bond donors (Lipinski definition) is 0. The van der Waals surface area contributed by atoms with E-state index in [2.05, 4.69) is 19.9 Å². The van der Waals surface area contributed by atoms with Gasteiger partial charge in [0.25, 0.3) is 0 Å². The first-order valence-electron chi connectivity index (χ1n) is 9.43. The largest absolute Gasteiger partial charge is 0.378 e. The molecule has 0 bridgehead atoms. The molecule has 6 nitrogen and oxygen atoms in total. The molecular formula is C22H18FN5O. The number of ether oxygens (including phenoxy) is 1. The van der Waals surface area contributed by atoms with Crippen LogP contribution in [0.5, 0.6) is 0 Å². The minimum absolute atomic E-state index is 0.355. The lowest BCUT2D eigenvalue weighted by Crippen LogP contribution is -2.37. The molecule has 0 unspecified atom stereocenters. The van der Waals surface area contributed by atoms with Gasteiger partial charge in [-0.1, -0.05) is 6.07 Å². The van der Waals surface area contributed by atoms with Crippen LogP contribution in [0.25, 0.3) is 33.3 Å². The number of nitrogens with zero attached hydrogens (tertiary/aromatic N) is 5. The molecular weight excluding hydrogens is 369 g/mol. The van der Waals surface area contributed by atoms with E-state index < -0.39 is 0 Å². The molecule has 0 spiro atoms. The van der Waals surface area contributed by atoms with Gasteiger partial charge in [-0.05, 0) is 41.5 Å². The Morgan fingerprint density at radius 2 is 1.69 bits per heavy atom. The number of anilines is 1. The number of halogens is 1. The fraction of sp³-hybridized carbons (Fsp3) is 0.182. The zero-order chi connectivity index (χ0) is 19.6. The minimum atomic E-state index is -0.360. The van der Waals surface area contributed by atoms with Crippen LogP contribution in [-0.2, 0) is 4.74 Å². The summed E-state index contributed by atoms with van der Waals surface area (Å²) in [4.78, 5) is 19.2. The Kier molecular flexibility index (Phi) is 4.57. The van der Waals surface area contributed by atoms with E-state index in [1.54, 1.807) is 18.6 Å². The molecule has 1 saturated heterocycles. The third-order valence-electron chi connectivity index (χ3n) is 5.05. The third kappa shape index (κ3) is 3.40. The van der Waals surface area contributed by atoms with Crippen LogP contribution in [0.3, 0.4) is 0 Å². The van der Waals surface area contributed by atoms with Gasteiger partial charge in [-0.2, -0.15) is 0 Å². The molecule has 0 amide bonds. The van der Waals surface area contributed by atoms with Crippen LogP contribution < -0.4 is 4.90 Å². The number of morpholine rings is 1. The van der Waals surface area contributed by atoms with Crippen LogP contribution >= 0.6 is 0 Å². The minimum Gasteiger partial charge on any atom is -0.378 e. The average Bonchev–Trinajstić information content (AvgIpc) is 2.79. The summed E-state index contributed by atoms with van der Waals surface area (Å²) in [7, 11) is 0. The van der Waals surface area contributed by atoms with Gasteiger partial charge in [0.2, 0.25) is 0 Å². The number of aromatic nitrogens is 4. The Morgan fingerprint density at radius 3 is 2.48 bits per heavy atom. The van der Waals surface area contributed by atoms with Crippen molar-refractivity contribution in [2.75, 3.05) is 31.2 Å². The van der Waals surface area contributed by atoms with Crippen LogP contribution in [0.4, 0.5) is 10.2 Å². The van der Waals surface area contributed by atoms with Crippen LogP contribution in [0.15, 0.2) is 61.3 Å². The first kappa shape index (κ1) is 17.6. The summed E-state index contributed by atoms with van der Waals surface area (Å²) < 4.78 is 20.2. The number of benzene rings is 1. The Hall–Kier alpha value is -3.45. The maximum absolute atomic E-state index is 14.9. The summed E-state index contributed by atoms with van der Waals surface area (Å²) in [6.45, 7) is 2.43. The monoisotopic (exact) mass is 387 g/mol. The lowest BCUT2D eigenvalue weighted by Gasteiger charge is -2.28. The first-order valence-corrected chi connectivity index (χ1v) is 9.43. The molecule has 0 saturated carbocycles. The summed E-state index contributed by atoms with van der Waals surface area (Å²) in [5.41, 5.74) is 4.15. The fourth-order valence-corrected chi connectivity index (χ4v) is 3.58. The SMILES string of the molecule is Fc1cc(-c2ncnc3ccc(-c4ccncc4)cc23)cnc1N1CCOCC1. The van der Waals surface area contributed by atoms with Crippen LogP contribution in [-0.4, -0.2) is 46.2 Å². The molecule has 0 N–H and O–H groups in total. The summed E-state index contributed by atoms with van der Waals surface area (Å²) in [6.07, 6.45) is 6.68. The molecule has 5 rings (SSSR count). The van der Waals surface area contributed by atoms with Crippen molar-refractivity contribution in [1.82, 2.24) is 19.9 Å². The van der Waals surface area contributed by atoms with Gasteiger partial charge >= 0.3 is 0 Å². The third-order valence-corrected chi connectivity index (χ3v) is 5.05. The Bertz CT molecular complexity index is 1160. The van der Waals surface area contributed by atoms with Gasteiger partial charge in [0.1, 0.15) is 6.33 Å². The predicted molar refractivity (Wildman–Crippen MR) is 109 cm³/mol. The average molecular weight is 387 g/mol. The molecule has 144 valence electrons. The molecule has 1 fully saturated rings. The molecule has 29 heavy (non-hydrogen) atoms. The van der Waals surface area contributed by atoms with Crippen LogP contribution in [0, 0.1) is 5.82 Å². The highest BCUT2D eigenvalue weighted by atomic mass is 19.1. The normalized spacial score (nSPS) is 14.3. The molecule has 0 atom stereocenters. The Balaban J connectivity index is 1.58. The summed E-state index contributed by atoms with van der Waals surface area (Å²) in [5.74, 6) is -0.00524. The van der Waals surface area contributed by atoms with Gasteiger partial charge in [0, 0.05) is 42.6 Å². The summed E-state index contributed by atoms with van der Waals surface area (Å²) in [6, 6.07) is 11.4. The van der Waals surface area contributed by atoms with E-state index >= 15 is 0 Å². The quantitative estimate of drug-likeness (QED) is 0.534. The van der Waals surface area contributed by atoms with E-state index in [0.717, 1.165) is 22.0 Å². The number of rotatable bonds is 3. The second kappa shape index (κ2) is 7.52. The highest BCUT2D eigenvalue weighted by molar-refractivity contribution is 5.94. The zero-order valence-electron chi connectivity index (χ0n) is 15.6. The van der Waals surface area contributed by atoms with Crippen molar-refractivity contribution in [1.29, 1.82) is 0 Å². The van der Waals surface area contributed by atoms with Crippen molar-refractivity contribution in [2.45, 2.75) is 0 Å². The molecule has 0 aliphatic carbocycles. The maximum atomic E-state index is 14.9. The van der Waals surface area contributed by atoms with Gasteiger partial charge in [-0.25, -0.2) is 19.3 Å². The maximum Gasteiger partial charge on any atom is 0.166 e.